The summed E-state index contributed by atoms with van der Waals surface area (Å²) in [5, 5.41) is 7.33. The molecule has 2 saturated heterocycles. The second-order valence-corrected chi connectivity index (χ2v) is 7.55. The Hall–Kier alpha value is -2.45. The van der Waals surface area contributed by atoms with Crippen LogP contribution in [-0.4, -0.2) is 72.2 Å². The fraction of sp³-hybridized carbons (Fsp3) is 0.550. The molecule has 1 amide bonds. The van der Waals surface area contributed by atoms with E-state index in [9.17, 15) is 4.79 Å². The van der Waals surface area contributed by atoms with Gasteiger partial charge in [-0.15, -0.1) is 0 Å². The predicted molar refractivity (Wildman–Crippen MR) is 104 cm³/mol. The molecule has 0 aliphatic carbocycles. The summed E-state index contributed by atoms with van der Waals surface area (Å²) in [6, 6.07) is 7.58. The molecule has 8 heteroatoms. The van der Waals surface area contributed by atoms with Crippen molar-refractivity contribution in [2.24, 2.45) is 11.8 Å². The lowest BCUT2D eigenvalue weighted by atomic mass is 9.88. The summed E-state index contributed by atoms with van der Waals surface area (Å²) >= 11 is 0. The minimum atomic E-state index is 0.107. The monoisotopic (exact) mass is 385 g/mol. The number of ether oxygens (including phenoxy) is 1. The molecule has 1 unspecified atom stereocenters. The number of carbonyl (C=O) groups is 1. The normalized spacial score (nSPS) is 19.3. The highest BCUT2D eigenvalue weighted by Gasteiger charge is 2.33. The van der Waals surface area contributed by atoms with Crippen molar-refractivity contribution in [2.45, 2.75) is 13.5 Å². The molecule has 0 spiro atoms. The minimum Gasteiger partial charge on any atom is -0.497 e. The number of amides is 1. The van der Waals surface area contributed by atoms with Crippen LogP contribution in [0.2, 0.25) is 0 Å². The van der Waals surface area contributed by atoms with E-state index in [1.807, 2.05) is 29.2 Å². The zero-order valence-electron chi connectivity index (χ0n) is 16.4. The Kier molecular flexibility index (Phi) is 5.59. The van der Waals surface area contributed by atoms with Gasteiger partial charge in [-0.25, -0.2) is 0 Å². The zero-order chi connectivity index (χ0) is 19.5. The van der Waals surface area contributed by atoms with E-state index >= 15 is 0 Å². The van der Waals surface area contributed by atoms with Gasteiger partial charge < -0.3 is 19.5 Å². The second-order valence-electron chi connectivity index (χ2n) is 7.55. The number of benzene rings is 1. The van der Waals surface area contributed by atoms with E-state index in [1.54, 1.807) is 7.11 Å². The van der Waals surface area contributed by atoms with Crippen molar-refractivity contribution in [3.05, 3.63) is 30.2 Å². The molecule has 1 aromatic carbocycles. The van der Waals surface area contributed by atoms with Crippen LogP contribution in [0.25, 0.3) is 11.4 Å². The van der Waals surface area contributed by atoms with Crippen LogP contribution < -0.4 is 10.1 Å². The van der Waals surface area contributed by atoms with Crippen LogP contribution in [0, 0.1) is 11.8 Å². The van der Waals surface area contributed by atoms with Crippen molar-refractivity contribution in [2.75, 3.05) is 46.4 Å². The standard InChI is InChI=1S/C20H27N5O3/c1-14(16-11-21-12-16)20(26)25-9-7-24(8-10-25)13-18-22-19(23-28-18)15-3-5-17(27-2)6-4-15/h3-6,14,16,21H,7-13H2,1-2H3. The number of hydrogen-bond acceptors (Lipinski definition) is 7. The molecule has 1 atom stereocenters. The number of nitrogens with zero attached hydrogens (tertiary/aromatic N) is 4. The fourth-order valence-corrected chi connectivity index (χ4v) is 3.65. The summed E-state index contributed by atoms with van der Waals surface area (Å²) in [7, 11) is 1.64. The molecular formula is C20H27N5O3. The van der Waals surface area contributed by atoms with Crippen molar-refractivity contribution in [3.63, 3.8) is 0 Å². The first-order chi connectivity index (χ1) is 13.6. The van der Waals surface area contributed by atoms with Crippen LogP contribution in [0.4, 0.5) is 0 Å². The van der Waals surface area contributed by atoms with E-state index in [2.05, 4.69) is 27.3 Å². The van der Waals surface area contributed by atoms with E-state index in [-0.39, 0.29) is 11.8 Å². The van der Waals surface area contributed by atoms with Gasteiger partial charge in [0.1, 0.15) is 5.75 Å². The van der Waals surface area contributed by atoms with Gasteiger partial charge in [0.15, 0.2) is 0 Å². The SMILES string of the molecule is COc1ccc(-c2noc(CN3CCN(C(=O)C(C)C4CNC4)CC3)n2)cc1. The number of piperazine rings is 1. The third-order valence-electron chi connectivity index (χ3n) is 5.77. The van der Waals surface area contributed by atoms with Crippen LogP contribution in [0.15, 0.2) is 28.8 Å². The molecule has 150 valence electrons. The molecule has 4 rings (SSSR count). The van der Waals surface area contributed by atoms with Gasteiger partial charge in [-0.2, -0.15) is 4.98 Å². The lowest BCUT2D eigenvalue weighted by Gasteiger charge is -2.38. The maximum Gasteiger partial charge on any atom is 0.241 e. The van der Waals surface area contributed by atoms with Gasteiger partial charge in [0.25, 0.3) is 0 Å². The Balaban J connectivity index is 1.29. The summed E-state index contributed by atoms with van der Waals surface area (Å²) in [5.41, 5.74) is 0.894. The topological polar surface area (TPSA) is 83.7 Å². The molecule has 2 aromatic rings. The lowest BCUT2D eigenvalue weighted by Crippen LogP contribution is -2.54. The smallest absolute Gasteiger partial charge is 0.241 e. The minimum absolute atomic E-state index is 0.107. The molecular weight excluding hydrogens is 358 g/mol. The van der Waals surface area contributed by atoms with Crippen LogP contribution in [0.3, 0.4) is 0 Å². The summed E-state index contributed by atoms with van der Waals surface area (Å²) in [6.07, 6.45) is 0. The van der Waals surface area contributed by atoms with Crippen LogP contribution >= 0.6 is 0 Å². The van der Waals surface area contributed by atoms with Gasteiger partial charge in [-0.05, 0) is 43.3 Å². The highest BCUT2D eigenvalue weighted by Crippen LogP contribution is 2.21. The number of nitrogens with one attached hydrogen (secondary N) is 1. The molecule has 0 radical (unpaired) electrons. The number of methoxy groups -OCH3 is 1. The molecule has 28 heavy (non-hydrogen) atoms. The van der Waals surface area contributed by atoms with Gasteiger partial charge in [0, 0.05) is 37.7 Å². The summed E-state index contributed by atoms with van der Waals surface area (Å²) in [5.74, 6) is 2.85. The summed E-state index contributed by atoms with van der Waals surface area (Å²) < 4.78 is 10.6. The summed E-state index contributed by atoms with van der Waals surface area (Å²) in [4.78, 5) is 21.4. The number of hydrogen-bond donors (Lipinski definition) is 1. The molecule has 2 aliphatic rings. The van der Waals surface area contributed by atoms with Crippen LogP contribution in [-0.2, 0) is 11.3 Å². The van der Waals surface area contributed by atoms with E-state index < -0.39 is 0 Å². The zero-order valence-corrected chi connectivity index (χ0v) is 16.4. The largest absolute Gasteiger partial charge is 0.497 e. The molecule has 1 aromatic heterocycles. The first kappa shape index (κ1) is 18.9. The van der Waals surface area contributed by atoms with Crippen molar-refractivity contribution in [1.29, 1.82) is 0 Å². The molecule has 2 aliphatic heterocycles. The maximum atomic E-state index is 12.6. The van der Waals surface area contributed by atoms with Gasteiger partial charge in [0.2, 0.25) is 17.6 Å². The van der Waals surface area contributed by atoms with Crippen LogP contribution in [0.1, 0.15) is 12.8 Å². The van der Waals surface area contributed by atoms with Gasteiger partial charge >= 0.3 is 0 Å². The lowest BCUT2D eigenvalue weighted by molar-refractivity contribution is -0.139. The van der Waals surface area contributed by atoms with E-state index in [1.165, 1.54) is 0 Å². The Morgan fingerprint density at radius 2 is 1.96 bits per heavy atom. The predicted octanol–water partition coefficient (Wildman–Crippen LogP) is 1.24. The van der Waals surface area contributed by atoms with Gasteiger partial charge in [-0.3, -0.25) is 9.69 Å². The maximum absolute atomic E-state index is 12.6. The van der Waals surface area contributed by atoms with Gasteiger partial charge in [-0.1, -0.05) is 12.1 Å². The highest BCUT2D eigenvalue weighted by atomic mass is 16.5. The third-order valence-corrected chi connectivity index (χ3v) is 5.77. The number of aromatic nitrogens is 2. The Bertz CT molecular complexity index is 794. The quantitative estimate of drug-likeness (QED) is 0.801. The molecule has 0 bridgehead atoms. The number of carbonyl (C=O) groups excluding carboxylic acids is 1. The Labute approximate surface area is 164 Å². The third kappa shape index (κ3) is 4.02. The summed E-state index contributed by atoms with van der Waals surface area (Å²) in [6.45, 7) is 7.72. The molecule has 2 fully saturated rings. The average molecular weight is 385 g/mol. The van der Waals surface area contributed by atoms with E-state index in [0.717, 1.165) is 50.6 Å². The van der Waals surface area contributed by atoms with E-state index in [4.69, 9.17) is 9.26 Å². The van der Waals surface area contributed by atoms with Crippen molar-refractivity contribution >= 4 is 5.91 Å². The fourth-order valence-electron chi connectivity index (χ4n) is 3.65. The first-order valence-electron chi connectivity index (χ1n) is 9.83. The van der Waals surface area contributed by atoms with Crippen molar-refractivity contribution in [1.82, 2.24) is 25.3 Å². The van der Waals surface area contributed by atoms with Crippen LogP contribution in [0.5, 0.6) is 5.75 Å². The average Bonchev–Trinajstić information content (AvgIpc) is 3.15. The van der Waals surface area contributed by atoms with Gasteiger partial charge in [0.05, 0.1) is 13.7 Å². The molecule has 8 nitrogen and oxygen atoms in total. The second kappa shape index (κ2) is 8.28. The van der Waals surface area contributed by atoms with E-state index in [0.29, 0.717) is 24.2 Å². The first-order valence-corrected chi connectivity index (χ1v) is 9.83. The highest BCUT2D eigenvalue weighted by molar-refractivity contribution is 5.79. The van der Waals surface area contributed by atoms with Crippen molar-refractivity contribution < 1.29 is 14.1 Å². The molecule has 1 N–H and O–H groups in total. The Morgan fingerprint density at radius 1 is 1.25 bits per heavy atom. The van der Waals surface area contributed by atoms with Crippen molar-refractivity contribution in [3.8, 4) is 17.1 Å². The molecule has 3 heterocycles. The Morgan fingerprint density at radius 3 is 2.57 bits per heavy atom. The number of rotatable bonds is 6. The molecule has 0 saturated carbocycles.